The average Bonchev–Trinajstić information content (AvgIpc) is 3.33. The molecule has 4 rings (SSSR count). The van der Waals surface area contributed by atoms with E-state index in [1.165, 1.54) is 10.4 Å². The predicted molar refractivity (Wildman–Crippen MR) is 113 cm³/mol. The first-order chi connectivity index (χ1) is 13.2. The molecule has 3 heterocycles. The van der Waals surface area contributed by atoms with E-state index in [4.69, 9.17) is 0 Å². The number of hydrogen-bond acceptors (Lipinski definition) is 6. The van der Waals surface area contributed by atoms with Crippen LogP contribution in [0, 0.1) is 6.92 Å². The van der Waals surface area contributed by atoms with Crippen LogP contribution in [0.5, 0.6) is 0 Å². The Labute approximate surface area is 166 Å². The summed E-state index contributed by atoms with van der Waals surface area (Å²) in [7, 11) is 0. The summed E-state index contributed by atoms with van der Waals surface area (Å²) >= 11 is 3.36. The number of aryl methyl sites for hydroxylation is 1. The molecule has 0 fully saturated rings. The number of pyridine rings is 1. The van der Waals surface area contributed by atoms with E-state index in [-0.39, 0.29) is 0 Å². The monoisotopic (exact) mass is 393 g/mol. The van der Waals surface area contributed by atoms with Gasteiger partial charge in [-0.3, -0.25) is 4.98 Å². The first-order valence-electron chi connectivity index (χ1n) is 8.53. The molecule has 3 aromatic heterocycles. The summed E-state index contributed by atoms with van der Waals surface area (Å²) in [5.41, 5.74) is 4.38. The van der Waals surface area contributed by atoms with Crippen LogP contribution in [0.25, 0.3) is 17.1 Å². The second kappa shape index (κ2) is 7.94. The van der Waals surface area contributed by atoms with Crippen LogP contribution in [0.2, 0.25) is 0 Å². The molecule has 0 spiro atoms. The normalized spacial score (nSPS) is 10.9. The minimum absolute atomic E-state index is 0.706. The Hall–Kier alpha value is -2.64. The quantitative estimate of drug-likeness (QED) is 0.466. The maximum Gasteiger partial charge on any atom is 0.191 e. The Bertz CT molecular complexity index is 1020. The zero-order chi connectivity index (χ0) is 18.6. The van der Waals surface area contributed by atoms with E-state index in [1.54, 1.807) is 35.5 Å². The van der Waals surface area contributed by atoms with Gasteiger partial charge in [0.2, 0.25) is 0 Å². The van der Waals surface area contributed by atoms with Crippen molar-refractivity contribution < 1.29 is 0 Å². The van der Waals surface area contributed by atoms with Gasteiger partial charge in [0.1, 0.15) is 0 Å². The van der Waals surface area contributed by atoms with Gasteiger partial charge in [0.05, 0.1) is 5.69 Å². The van der Waals surface area contributed by atoms with Crippen molar-refractivity contribution in [2.24, 2.45) is 0 Å². The van der Waals surface area contributed by atoms with E-state index in [2.05, 4.69) is 63.0 Å². The first kappa shape index (κ1) is 17.8. The number of thiophene rings is 1. The molecule has 0 aliphatic rings. The predicted octanol–water partition coefficient (Wildman–Crippen LogP) is 5.03. The summed E-state index contributed by atoms with van der Waals surface area (Å²) in [5.74, 6) is 0.706. The van der Waals surface area contributed by atoms with Gasteiger partial charge in [0.15, 0.2) is 11.0 Å². The van der Waals surface area contributed by atoms with Crippen LogP contribution in [0.15, 0.2) is 65.4 Å². The largest absolute Gasteiger partial charge is 0.380 e. The lowest BCUT2D eigenvalue weighted by Gasteiger charge is -2.08. The third kappa shape index (κ3) is 3.89. The second-order valence-corrected chi connectivity index (χ2v) is 7.77. The van der Waals surface area contributed by atoms with Gasteiger partial charge in [-0.15, -0.1) is 16.4 Å². The Morgan fingerprint density at radius 2 is 1.85 bits per heavy atom. The van der Waals surface area contributed by atoms with Gasteiger partial charge in [-0.2, -0.15) is 0 Å². The van der Waals surface area contributed by atoms with Crippen LogP contribution < -0.4 is 5.32 Å². The lowest BCUT2D eigenvalue weighted by Crippen LogP contribution is -2.01. The highest BCUT2D eigenvalue weighted by molar-refractivity contribution is 7.98. The van der Waals surface area contributed by atoms with Crippen LogP contribution >= 0.6 is 23.1 Å². The van der Waals surface area contributed by atoms with Crippen molar-refractivity contribution in [3.05, 3.63) is 70.7 Å². The van der Waals surface area contributed by atoms with Crippen molar-refractivity contribution in [2.75, 3.05) is 11.6 Å². The number of thioether (sulfide) groups is 1. The summed E-state index contributed by atoms with van der Waals surface area (Å²) in [6, 6.07) is 14.3. The minimum Gasteiger partial charge on any atom is -0.380 e. The lowest BCUT2D eigenvalue weighted by molar-refractivity contribution is 0.788. The SMILES string of the molecule is CSc1nc(-c2ccncc2)nn1-c1ccc(NCc2sccc2C)cc1. The molecule has 0 saturated carbocycles. The van der Waals surface area contributed by atoms with Crippen LogP contribution in [0.3, 0.4) is 0 Å². The molecule has 5 nitrogen and oxygen atoms in total. The molecule has 0 aliphatic carbocycles. The van der Waals surface area contributed by atoms with Crippen molar-refractivity contribution in [3.8, 4) is 17.1 Å². The molecule has 1 aromatic carbocycles. The molecular formula is C20H19N5S2. The van der Waals surface area contributed by atoms with E-state index in [0.717, 1.165) is 28.6 Å². The van der Waals surface area contributed by atoms with Crippen molar-refractivity contribution in [1.82, 2.24) is 19.7 Å². The van der Waals surface area contributed by atoms with Crippen LogP contribution in [-0.2, 0) is 6.54 Å². The molecule has 0 saturated heterocycles. The molecular weight excluding hydrogens is 374 g/mol. The van der Waals surface area contributed by atoms with E-state index in [9.17, 15) is 0 Å². The Kier molecular flexibility index (Phi) is 5.22. The third-order valence-corrected chi connectivity index (χ3v) is 5.88. The molecule has 136 valence electrons. The molecule has 4 aromatic rings. The highest BCUT2D eigenvalue weighted by Gasteiger charge is 2.12. The number of rotatable bonds is 6. The van der Waals surface area contributed by atoms with Gasteiger partial charge < -0.3 is 5.32 Å². The zero-order valence-electron chi connectivity index (χ0n) is 15.1. The summed E-state index contributed by atoms with van der Waals surface area (Å²) in [4.78, 5) is 10.1. The standard InChI is InChI=1S/C20H19N5S2/c1-14-9-12-27-18(14)13-22-16-3-5-17(6-4-16)25-20(26-2)23-19(24-25)15-7-10-21-11-8-15/h3-12,22H,13H2,1-2H3. The van der Waals surface area contributed by atoms with Crippen molar-refractivity contribution in [3.63, 3.8) is 0 Å². The first-order valence-corrected chi connectivity index (χ1v) is 10.6. The molecule has 0 radical (unpaired) electrons. The highest BCUT2D eigenvalue weighted by atomic mass is 32.2. The smallest absolute Gasteiger partial charge is 0.191 e. The molecule has 1 N–H and O–H groups in total. The Balaban J connectivity index is 1.55. The van der Waals surface area contributed by atoms with Crippen LogP contribution in [0.1, 0.15) is 10.4 Å². The van der Waals surface area contributed by atoms with Crippen molar-refractivity contribution in [2.45, 2.75) is 18.6 Å². The Morgan fingerprint density at radius 1 is 1.07 bits per heavy atom. The van der Waals surface area contributed by atoms with E-state index in [0.29, 0.717) is 5.82 Å². The number of benzene rings is 1. The van der Waals surface area contributed by atoms with Gasteiger partial charge in [0, 0.05) is 35.1 Å². The molecule has 0 unspecified atom stereocenters. The molecule has 0 amide bonds. The van der Waals surface area contributed by atoms with Crippen LogP contribution in [-0.4, -0.2) is 26.0 Å². The number of aromatic nitrogens is 4. The summed E-state index contributed by atoms with van der Waals surface area (Å²) in [5, 5.41) is 11.2. The minimum atomic E-state index is 0.706. The van der Waals surface area contributed by atoms with Gasteiger partial charge >= 0.3 is 0 Å². The summed E-state index contributed by atoms with van der Waals surface area (Å²) in [6.07, 6.45) is 5.52. The molecule has 0 bridgehead atoms. The third-order valence-electron chi connectivity index (χ3n) is 4.23. The maximum absolute atomic E-state index is 4.69. The van der Waals surface area contributed by atoms with E-state index >= 15 is 0 Å². The Morgan fingerprint density at radius 3 is 2.52 bits per heavy atom. The van der Waals surface area contributed by atoms with Gasteiger partial charge in [0.25, 0.3) is 0 Å². The van der Waals surface area contributed by atoms with Crippen molar-refractivity contribution in [1.29, 1.82) is 0 Å². The number of hydrogen-bond donors (Lipinski definition) is 1. The topological polar surface area (TPSA) is 55.6 Å². The number of anilines is 1. The van der Waals surface area contributed by atoms with E-state index < -0.39 is 0 Å². The highest BCUT2D eigenvalue weighted by Crippen LogP contribution is 2.24. The number of nitrogens with zero attached hydrogens (tertiary/aromatic N) is 4. The fraction of sp³-hybridized carbons (Fsp3) is 0.150. The second-order valence-electron chi connectivity index (χ2n) is 6.00. The van der Waals surface area contributed by atoms with Gasteiger partial charge in [-0.1, -0.05) is 11.8 Å². The maximum atomic E-state index is 4.69. The fourth-order valence-corrected chi connectivity index (χ4v) is 4.05. The molecule has 0 atom stereocenters. The summed E-state index contributed by atoms with van der Waals surface area (Å²) in [6.45, 7) is 2.99. The average molecular weight is 394 g/mol. The molecule has 27 heavy (non-hydrogen) atoms. The van der Waals surface area contributed by atoms with Gasteiger partial charge in [-0.05, 0) is 66.6 Å². The molecule has 7 heteroatoms. The van der Waals surface area contributed by atoms with Crippen molar-refractivity contribution >= 4 is 28.8 Å². The van der Waals surface area contributed by atoms with Gasteiger partial charge in [-0.25, -0.2) is 9.67 Å². The summed E-state index contributed by atoms with van der Waals surface area (Å²) < 4.78 is 1.88. The number of nitrogens with one attached hydrogen (secondary N) is 1. The lowest BCUT2D eigenvalue weighted by atomic mass is 10.2. The zero-order valence-corrected chi connectivity index (χ0v) is 16.7. The van der Waals surface area contributed by atoms with E-state index in [1.807, 2.05) is 23.1 Å². The van der Waals surface area contributed by atoms with Crippen LogP contribution in [0.4, 0.5) is 5.69 Å². The molecule has 0 aliphatic heterocycles. The fourth-order valence-electron chi connectivity index (χ4n) is 2.71.